The van der Waals surface area contributed by atoms with Gasteiger partial charge in [0.1, 0.15) is 16.7 Å². The van der Waals surface area contributed by atoms with Crippen LogP contribution in [0.15, 0.2) is 264 Å². The quantitative estimate of drug-likeness (QED) is 0.152. The molecule has 4 heteroatoms. The van der Waals surface area contributed by atoms with E-state index < -0.39 is 5.41 Å². The van der Waals surface area contributed by atoms with Gasteiger partial charge in [0.05, 0.1) is 27.9 Å². The second-order valence-electron chi connectivity index (χ2n) is 20.3. The molecule has 0 saturated carbocycles. The highest BCUT2D eigenvalue weighted by Gasteiger charge is 2.46. The molecule has 2 aliphatic carbocycles. The standard InChI is InChI=1S/C70H48N2O2/c1-69(2)57-33-13-9-28-51(57)54-31-18-36-61(67(54)69)72(62-37-19-32-55-53-29-11-15-38-63(53)74-68(55)62)48-26-17-25-47(43-48)71(60-35-20-40-65-66(60)56-30-12-16-39-64(56)73-65)49-41-42-52-50-27-10-14-34-58(50)70(59(52)44-49,45-21-5-3-6-22-45)46-23-7-4-8-24-46/h3-44H,1-2H3. The van der Waals surface area contributed by atoms with E-state index in [4.69, 9.17) is 8.83 Å². The van der Waals surface area contributed by atoms with Crippen LogP contribution in [0.2, 0.25) is 0 Å². The fraction of sp³-hybridized carbons (Fsp3) is 0.0571. The van der Waals surface area contributed by atoms with Crippen LogP contribution in [0.3, 0.4) is 0 Å². The Morgan fingerprint density at radius 1 is 0.324 bits per heavy atom. The molecule has 0 atom stereocenters. The topological polar surface area (TPSA) is 32.8 Å². The lowest BCUT2D eigenvalue weighted by Crippen LogP contribution is -2.28. The first-order valence-corrected chi connectivity index (χ1v) is 25.6. The van der Waals surface area contributed by atoms with Gasteiger partial charge in [-0.3, -0.25) is 0 Å². The number of rotatable bonds is 8. The molecule has 0 N–H and O–H groups in total. The minimum atomic E-state index is -0.591. The van der Waals surface area contributed by atoms with E-state index in [1.807, 2.05) is 6.07 Å². The summed E-state index contributed by atoms with van der Waals surface area (Å²) >= 11 is 0. The van der Waals surface area contributed by atoms with Crippen molar-refractivity contribution in [3.63, 3.8) is 0 Å². The molecule has 74 heavy (non-hydrogen) atoms. The lowest BCUT2D eigenvalue weighted by atomic mass is 9.67. The number of benzene rings is 11. The number of para-hydroxylation sites is 3. The Kier molecular flexibility index (Phi) is 9.19. The molecule has 0 fully saturated rings. The van der Waals surface area contributed by atoms with E-state index in [9.17, 15) is 0 Å². The van der Waals surface area contributed by atoms with Gasteiger partial charge in [-0.2, -0.15) is 0 Å². The summed E-state index contributed by atoms with van der Waals surface area (Å²) in [6, 6.07) is 92.8. The summed E-state index contributed by atoms with van der Waals surface area (Å²) in [4.78, 5) is 4.90. The molecule has 0 spiro atoms. The molecule has 15 rings (SSSR count). The van der Waals surface area contributed by atoms with Gasteiger partial charge in [0.2, 0.25) is 0 Å². The number of fused-ring (bicyclic) bond motifs is 12. The summed E-state index contributed by atoms with van der Waals surface area (Å²) in [5.41, 5.74) is 21.2. The molecule has 2 aromatic heterocycles. The van der Waals surface area contributed by atoms with Crippen molar-refractivity contribution in [2.24, 2.45) is 0 Å². The maximum absolute atomic E-state index is 6.94. The van der Waals surface area contributed by atoms with Crippen molar-refractivity contribution in [1.29, 1.82) is 0 Å². The van der Waals surface area contributed by atoms with Crippen molar-refractivity contribution in [3.05, 3.63) is 288 Å². The van der Waals surface area contributed by atoms with Crippen molar-refractivity contribution in [1.82, 2.24) is 0 Å². The molecule has 2 heterocycles. The smallest absolute Gasteiger partial charge is 0.159 e. The van der Waals surface area contributed by atoms with Crippen molar-refractivity contribution >= 4 is 78.0 Å². The first-order chi connectivity index (χ1) is 36.5. The third-order valence-corrected chi connectivity index (χ3v) is 16.1. The summed E-state index contributed by atoms with van der Waals surface area (Å²) in [5, 5.41) is 4.29. The number of hydrogen-bond acceptors (Lipinski definition) is 4. The van der Waals surface area contributed by atoms with Crippen LogP contribution in [0.25, 0.3) is 66.1 Å². The SMILES string of the molecule is CC1(C)c2ccccc2-c2cccc(N(c3cccc(N(c4ccc5c(c4)C(c4ccccc4)(c4ccccc4)c4ccccc4-5)c4cccc5oc6ccccc6c45)c3)c3cccc4c3oc3ccccc34)c21. The van der Waals surface area contributed by atoms with E-state index in [1.165, 1.54) is 55.6 Å². The summed E-state index contributed by atoms with van der Waals surface area (Å²) in [6.45, 7) is 4.73. The van der Waals surface area contributed by atoms with Gasteiger partial charge >= 0.3 is 0 Å². The fourth-order valence-corrected chi connectivity index (χ4v) is 13.0. The number of furan rings is 2. The van der Waals surface area contributed by atoms with Gasteiger partial charge in [0.15, 0.2) is 5.58 Å². The van der Waals surface area contributed by atoms with Gasteiger partial charge < -0.3 is 18.6 Å². The Morgan fingerprint density at radius 2 is 0.838 bits per heavy atom. The van der Waals surface area contributed by atoms with Crippen LogP contribution in [0.1, 0.15) is 47.2 Å². The average Bonchev–Trinajstić information content (AvgIpc) is 4.21. The van der Waals surface area contributed by atoms with Crippen LogP contribution >= 0.6 is 0 Å². The lowest BCUT2D eigenvalue weighted by Gasteiger charge is -2.35. The van der Waals surface area contributed by atoms with E-state index in [2.05, 4.69) is 272 Å². The maximum atomic E-state index is 6.94. The maximum Gasteiger partial charge on any atom is 0.159 e. The lowest BCUT2D eigenvalue weighted by molar-refractivity contribution is 0.659. The molecular formula is C70H48N2O2. The van der Waals surface area contributed by atoms with E-state index in [1.54, 1.807) is 0 Å². The highest BCUT2D eigenvalue weighted by atomic mass is 16.3. The molecule has 0 amide bonds. The second kappa shape index (κ2) is 16.1. The summed E-state index contributed by atoms with van der Waals surface area (Å²) in [5.74, 6) is 0. The number of hydrogen-bond donors (Lipinski definition) is 0. The van der Waals surface area contributed by atoms with Crippen LogP contribution < -0.4 is 9.80 Å². The minimum Gasteiger partial charge on any atom is -0.456 e. The van der Waals surface area contributed by atoms with Crippen LogP contribution in [-0.2, 0) is 10.8 Å². The highest BCUT2D eigenvalue weighted by Crippen LogP contribution is 2.59. The second-order valence-corrected chi connectivity index (χ2v) is 20.3. The predicted octanol–water partition coefficient (Wildman–Crippen LogP) is 19.1. The van der Waals surface area contributed by atoms with E-state index in [0.717, 1.165) is 78.0 Å². The normalized spacial score (nSPS) is 13.8. The molecule has 2 aliphatic rings. The molecular weight excluding hydrogens is 901 g/mol. The van der Waals surface area contributed by atoms with Crippen LogP contribution in [0.5, 0.6) is 0 Å². The third kappa shape index (κ3) is 5.97. The fourth-order valence-electron chi connectivity index (χ4n) is 13.0. The van der Waals surface area contributed by atoms with Crippen molar-refractivity contribution < 1.29 is 8.83 Å². The first kappa shape index (κ1) is 42.3. The number of anilines is 6. The van der Waals surface area contributed by atoms with Crippen molar-refractivity contribution in [2.75, 3.05) is 9.80 Å². The zero-order chi connectivity index (χ0) is 49.1. The van der Waals surface area contributed by atoms with E-state index >= 15 is 0 Å². The molecule has 11 aromatic carbocycles. The van der Waals surface area contributed by atoms with Crippen LogP contribution in [-0.4, -0.2) is 0 Å². The molecule has 350 valence electrons. The summed E-state index contributed by atoms with van der Waals surface area (Å²) in [6.07, 6.45) is 0. The molecule has 0 radical (unpaired) electrons. The number of nitrogens with zero attached hydrogens (tertiary/aromatic N) is 2. The highest BCUT2D eigenvalue weighted by molar-refractivity contribution is 6.14. The van der Waals surface area contributed by atoms with Gasteiger partial charge in [-0.05, 0) is 122 Å². The van der Waals surface area contributed by atoms with Gasteiger partial charge in [-0.1, -0.05) is 202 Å². The van der Waals surface area contributed by atoms with Crippen molar-refractivity contribution in [3.8, 4) is 22.3 Å². The van der Waals surface area contributed by atoms with Crippen LogP contribution in [0, 0.1) is 0 Å². The van der Waals surface area contributed by atoms with Crippen LogP contribution in [0.4, 0.5) is 34.1 Å². The largest absolute Gasteiger partial charge is 0.456 e. The molecule has 13 aromatic rings. The monoisotopic (exact) mass is 948 g/mol. The molecule has 0 bridgehead atoms. The first-order valence-electron chi connectivity index (χ1n) is 25.6. The van der Waals surface area contributed by atoms with Gasteiger partial charge in [0.25, 0.3) is 0 Å². The summed E-state index contributed by atoms with van der Waals surface area (Å²) in [7, 11) is 0. The molecule has 0 aliphatic heterocycles. The third-order valence-electron chi connectivity index (χ3n) is 16.1. The minimum absolute atomic E-state index is 0.295. The Hall–Kier alpha value is -9.38. The average molecular weight is 949 g/mol. The van der Waals surface area contributed by atoms with Gasteiger partial charge in [-0.25, -0.2) is 0 Å². The Labute approximate surface area is 429 Å². The van der Waals surface area contributed by atoms with Gasteiger partial charge in [0, 0.05) is 38.6 Å². The van der Waals surface area contributed by atoms with E-state index in [-0.39, 0.29) is 5.41 Å². The van der Waals surface area contributed by atoms with Gasteiger partial charge in [-0.15, -0.1) is 0 Å². The Balaban J connectivity index is 1.01. The molecule has 0 saturated heterocycles. The zero-order valence-electron chi connectivity index (χ0n) is 41.0. The predicted molar refractivity (Wildman–Crippen MR) is 305 cm³/mol. The Bertz CT molecular complexity index is 4330. The van der Waals surface area contributed by atoms with E-state index in [0.29, 0.717) is 0 Å². The zero-order valence-corrected chi connectivity index (χ0v) is 41.0. The molecule has 4 nitrogen and oxygen atoms in total. The Morgan fingerprint density at radius 3 is 1.61 bits per heavy atom. The molecule has 0 unspecified atom stereocenters. The summed E-state index contributed by atoms with van der Waals surface area (Å²) < 4.78 is 13.6. The van der Waals surface area contributed by atoms with Crippen molar-refractivity contribution in [2.45, 2.75) is 24.7 Å².